The number of hydrogen-bond donors (Lipinski definition) is 1. The Morgan fingerprint density at radius 3 is 2.88 bits per heavy atom. The quantitative estimate of drug-likeness (QED) is 0.388. The zero-order valence-corrected chi connectivity index (χ0v) is 20.3. The number of benzene rings is 1. The van der Waals surface area contributed by atoms with Crippen LogP contribution in [0.5, 0.6) is 0 Å². The molecule has 1 fully saturated rings. The molecule has 6 nitrogen and oxygen atoms in total. The van der Waals surface area contributed by atoms with E-state index in [-0.39, 0.29) is 23.3 Å². The second-order valence-corrected chi connectivity index (χ2v) is 10.7. The van der Waals surface area contributed by atoms with Crippen LogP contribution >= 0.6 is 23.1 Å². The average Bonchev–Trinajstić information content (AvgIpc) is 3.49. The van der Waals surface area contributed by atoms with Gasteiger partial charge < -0.3 is 10.1 Å². The molecular formula is C25H29N3O3S2. The van der Waals surface area contributed by atoms with Crippen LogP contribution in [-0.2, 0) is 35.3 Å². The molecule has 3 aromatic rings. The molecule has 0 radical (unpaired) electrons. The van der Waals surface area contributed by atoms with Gasteiger partial charge in [-0.15, -0.1) is 11.3 Å². The Morgan fingerprint density at radius 1 is 1.21 bits per heavy atom. The van der Waals surface area contributed by atoms with E-state index < -0.39 is 0 Å². The molecule has 174 valence electrons. The molecule has 33 heavy (non-hydrogen) atoms. The van der Waals surface area contributed by atoms with Crippen molar-refractivity contribution in [3.8, 4) is 0 Å². The third-order valence-electron chi connectivity index (χ3n) is 6.39. The molecule has 0 spiro atoms. The number of thioether (sulfide) groups is 1. The number of carbonyl (C=O) groups excluding carboxylic acids is 1. The lowest BCUT2D eigenvalue weighted by molar-refractivity contribution is -0.119. The number of aryl methyl sites for hydroxylation is 3. The highest BCUT2D eigenvalue weighted by atomic mass is 32.2. The van der Waals surface area contributed by atoms with Crippen LogP contribution in [0.3, 0.4) is 0 Å². The van der Waals surface area contributed by atoms with Crippen molar-refractivity contribution in [1.82, 2.24) is 14.9 Å². The van der Waals surface area contributed by atoms with Gasteiger partial charge in [-0.1, -0.05) is 42.1 Å². The van der Waals surface area contributed by atoms with E-state index in [0.717, 1.165) is 55.3 Å². The van der Waals surface area contributed by atoms with Gasteiger partial charge in [0.05, 0.1) is 17.2 Å². The molecule has 0 saturated carbocycles. The van der Waals surface area contributed by atoms with Crippen LogP contribution in [0.2, 0.25) is 0 Å². The first-order valence-corrected chi connectivity index (χ1v) is 13.6. The Balaban J connectivity index is 1.38. The van der Waals surface area contributed by atoms with Crippen LogP contribution in [0, 0.1) is 0 Å². The first-order valence-electron chi connectivity index (χ1n) is 11.8. The Hall–Kier alpha value is -2.16. The molecule has 5 rings (SSSR count). The molecule has 1 unspecified atom stereocenters. The van der Waals surface area contributed by atoms with Gasteiger partial charge in [0.2, 0.25) is 5.91 Å². The van der Waals surface area contributed by atoms with Crippen LogP contribution < -0.4 is 10.9 Å². The molecule has 1 aliphatic carbocycles. The van der Waals surface area contributed by atoms with Gasteiger partial charge in [0, 0.05) is 24.6 Å². The molecular weight excluding hydrogens is 454 g/mol. The number of rotatable bonds is 8. The molecule has 8 heteroatoms. The van der Waals surface area contributed by atoms with Crippen LogP contribution in [0.4, 0.5) is 0 Å². The summed E-state index contributed by atoms with van der Waals surface area (Å²) in [5.41, 5.74) is 2.43. The Labute approximate surface area is 201 Å². The van der Waals surface area contributed by atoms with Crippen molar-refractivity contribution in [2.75, 3.05) is 18.9 Å². The summed E-state index contributed by atoms with van der Waals surface area (Å²) in [4.78, 5) is 33.2. The molecule has 2 aromatic heterocycles. The molecule has 1 N–H and O–H groups in total. The van der Waals surface area contributed by atoms with Crippen molar-refractivity contribution in [2.24, 2.45) is 0 Å². The third kappa shape index (κ3) is 5.18. The van der Waals surface area contributed by atoms with Crippen LogP contribution in [-0.4, -0.2) is 40.5 Å². The van der Waals surface area contributed by atoms with Gasteiger partial charge in [0.1, 0.15) is 4.83 Å². The number of amides is 1. The summed E-state index contributed by atoms with van der Waals surface area (Å²) in [7, 11) is 0. The van der Waals surface area contributed by atoms with Gasteiger partial charge in [-0.2, -0.15) is 0 Å². The van der Waals surface area contributed by atoms with E-state index in [1.165, 1.54) is 34.2 Å². The summed E-state index contributed by atoms with van der Waals surface area (Å²) in [6.07, 6.45) is 7.22. The summed E-state index contributed by atoms with van der Waals surface area (Å²) in [6.45, 7) is 1.87. The fraction of sp³-hybridized carbons (Fsp3) is 0.480. The smallest absolute Gasteiger partial charge is 0.263 e. The molecule has 2 aliphatic rings. The summed E-state index contributed by atoms with van der Waals surface area (Å²) in [5, 5.41) is 4.40. The van der Waals surface area contributed by atoms with E-state index in [2.05, 4.69) is 17.4 Å². The van der Waals surface area contributed by atoms with Crippen molar-refractivity contribution >= 4 is 39.2 Å². The van der Waals surface area contributed by atoms with E-state index in [1.807, 2.05) is 18.2 Å². The highest BCUT2D eigenvalue weighted by Crippen LogP contribution is 2.34. The lowest BCUT2D eigenvalue weighted by atomic mass is 9.97. The number of fused-ring (bicyclic) bond motifs is 3. The van der Waals surface area contributed by atoms with Crippen LogP contribution in [0.25, 0.3) is 10.2 Å². The number of nitrogens with zero attached hydrogens (tertiary/aromatic N) is 2. The minimum atomic E-state index is -0.0510. The first-order chi connectivity index (χ1) is 16.2. The van der Waals surface area contributed by atoms with E-state index in [0.29, 0.717) is 18.2 Å². The van der Waals surface area contributed by atoms with Gasteiger partial charge in [0.15, 0.2) is 5.16 Å². The van der Waals surface area contributed by atoms with Crippen molar-refractivity contribution in [3.63, 3.8) is 0 Å². The lowest BCUT2D eigenvalue weighted by Gasteiger charge is -2.14. The van der Waals surface area contributed by atoms with Crippen molar-refractivity contribution in [2.45, 2.75) is 62.8 Å². The van der Waals surface area contributed by atoms with Gasteiger partial charge in [-0.25, -0.2) is 4.98 Å². The largest absolute Gasteiger partial charge is 0.376 e. The number of thiophene rings is 1. The molecule has 3 heterocycles. The summed E-state index contributed by atoms with van der Waals surface area (Å²) >= 11 is 3.01. The monoisotopic (exact) mass is 483 g/mol. The number of ether oxygens (including phenoxy) is 1. The van der Waals surface area contributed by atoms with E-state index in [1.54, 1.807) is 15.9 Å². The lowest BCUT2D eigenvalue weighted by Crippen LogP contribution is -2.33. The van der Waals surface area contributed by atoms with E-state index in [4.69, 9.17) is 9.72 Å². The second-order valence-electron chi connectivity index (χ2n) is 8.71. The minimum absolute atomic E-state index is 0.0394. The van der Waals surface area contributed by atoms with Crippen LogP contribution in [0.15, 0.2) is 40.3 Å². The maximum atomic E-state index is 13.6. The first kappa shape index (κ1) is 22.6. The Bertz CT molecular complexity index is 1180. The maximum absolute atomic E-state index is 13.6. The van der Waals surface area contributed by atoms with Gasteiger partial charge in [0.25, 0.3) is 5.56 Å². The molecule has 1 amide bonds. The zero-order valence-electron chi connectivity index (χ0n) is 18.7. The fourth-order valence-electron chi connectivity index (χ4n) is 4.63. The molecule has 1 saturated heterocycles. The van der Waals surface area contributed by atoms with Crippen molar-refractivity contribution in [3.05, 3.63) is 56.7 Å². The average molecular weight is 484 g/mol. The topological polar surface area (TPSA) is 73.2 Å². The maximum Gasteiger partial charge on any atom is 0.263 e. The molecule has 1 aliphatic heterocycles. The Kier molecular flexibility index (Phi) is 7.13. The predicted octanol–water partition coefficient (Wildman–Crippen LogP) is 3.97. The molecule has 0 bridgehead atoms. The summed E-state index contributed by atoms with van der Waals surface area (Å²) in [6, 6.07) is 10.2. The number of hydrogen-bond acceptors (Lipinski definition) is 6. The number of aromatic nitrogens is 2. The van der Waals surface area contributed by atoms with Crippen molar-refractivity contribution in [1.29, 1.82) is 0 Å². The fourth-order valence-corrected chi connectivity index (χ4v) is 6.78. The van der Waals surface area contributed by atoms with E-state index >= 15 is 0 Å². The highest BCUT2D eigenvalue weighted by molar-refractivity contribution is 7.99. The number of carbonyl (C=O) groups is 1. The Morgan fingerprint density at radius 2 is 2.06 bits per heavy atom. The zero-order chi connectivity index (χ0) is 22.6. The van der Waals surface area contributed by atoms with Gasteiger partial charge in [-0.05, 0) is 56.1 Å². The predicted molar refractivity (Wildman–Crippen MR) is 133 cm³/mol. The summed E-state index contributed by atoms with van der Waals surface area (Å²) < 4.78 is 7.37. The third-order valence-corrected chi connectivity index (χ3v) is 8.55. The normalized spacial score (nSPS) is 17.9. The van der Waals surface area contributed by atoms with Gasteiger partial charge in [-0.3, -0.25) is 14.2 Å². The van der Waals surface area contributed by atoms with Gasteiger partial charge >= 0.3 is 0 Å². The standard InChI is InChI=1S/C25H29N3O3S2/c29-21(26-15-18-9-6-14-31-18)16-32-25-27-23-22(19-10-4-5-11-20(19)33-23)24(30)28(25)13-12-17-7-2-1-3-8-17/h1-3,7-8,18H,4-6,9-16H2,(H,26,29). The second kappa shape index (κ2) is 10.4. The molecule has 1 aromatic carbocycles. The van der Waals surface area contributed by atoms with Crippen molar-refractivity contribution < 1.29 is 9.53 Å². The minimum Gasteiger partial charge on any atom is -0.376 e. The van der Waals surface area contributed by atoms with E-state index in [9.17, 15) is 9.59 Å². The number of nitrogens with one attached hydrogen (secondary N) is 1. The highest BCUT2D eigenvalue weighted by Gasteiger charge is 2.23. The molecule has 1 atom stereocenters. The SMILES string of the molecule is O=C(CSc1nc2sc3c(c2c(=O)n1CCc1ccccc1)CCCC3)NCC1CCCO1. The van der Waals surface area contributed by atoms with Crippen LogP contribution in [0.1, 0.15) is 41.7 Å². The summed E-state index contributed by atoms with van der Waals surface area (Å²) in [5.74, 6) is 0.186.